The molecule has 0 radical (unpaired) electrons. The topological polar surface area (TPSA) is 115 Å². The second-order valence-electron chi connectivity index (χ2n) is 5.47. The Morgan fingerprint density at radius 1 is 1.36 bits per heavy atom. The minimum atomic E-state index is -0.752. The number of amides is 1. The zero-order valence-corrected chi connectivity index (χ0v) is 12.9. The van der Waals surface area contributed by atoms with Gasteiger partial charge in [-0.15, -0.1) is 0 Å². The minimum Gasteiger partial charge on any atom is -0.462 e. The van der Waals surface area contributed by atoms with E-state index in [1.165, 1.54) is 18.3 Å². The van der Waals surface area contributed by atoms with E-state index in [0.29, 0.717) is 6.42 Å². The Morgan fingerprint density at radius 2 is 2.05 bits per heavy atom. The summed E-state index contributed by atoms with van der Waals surface area (Å²) in [6.07, 6.45) is 0.867. The minimum absolute atomic E-state index is 0.0531. The van der Waals surface area contributed by atoms with E-state index in [4.69, 9.17) is 20.4 Å². The number of pyridine rings is 1. The molecule has 3 N–H and O–H groups in total. The number of ether oxygens (including phenoxy) is 2. The van der Waals surface area contributed by atoms with E-state index in [-0.39, 0.29) is 24.6 Å². The summed E-state index contributed by atoms with van der Waals surface area (Å²) in [5.41, 5.74) is -0.454. The Balaban J connectivity index is 2.67. The number of nitrogens with two attached hydrogens (primary N) is 1. The molecule has 0 saturated heterocycles. The Morgan fingerprint density at radius 3 is 2.55 bits per heavy atom. The van der Waals surface area contributed by atoms with Crippen molar-refractivity contribution >= 4 is 17.9 Å². The molecular weight excluding hydrogens is 290 g/mol. The van der Waals surface area contributed by atoms with Gasteiger partial charge >= 0.3 is 12.1 Å². The third-order valence-electron chi connectivity index (χ3n) is 2.36. The van der Waals surface area contributed by atoms with Crippen LogP contribution in [0, 0.1) is 0 Å². The summed E-state index contributed by atoms with van der Waals surface area (Å²) in [5, 5.41) is 9.37. The molecule has 0 aromatic carbocycles. The van der Waals surface area contributed by atoms with Gasteiger partial charge in [-0.3, -0.25) is 0 Å². The van der Waals surface area contributed by atoms with E-state index in [1.54, 1.807) is 20.8 Å². The highest BCUT2D eigenvalue weighted by Crippen LogP contribution is 2.14. The van der Waals surface area contributed by atoms with Crippen molar-refractivity contribution in [3.8, 4) is 0 Å². The molecular formula is C14H21N3O5. The van der Waals surface area contributed by atoms with Crippen molar-refractivity contribution in [3.63, 3.8) is 0 Å². The van der Waals surface area contributed by atoms with Gasteiger partial charge < -0.3 is 14.6 Å². The molecule has 0 unspecified atom stereocenters. The molecule has 22 heavy (non-hydrogen) atoms. The number of aliphatic hydroxyl groups excluding tert-OH is 1. The van der Waals surface area contributed by atoms with Crippen molar-refractivity contribution in [3.05, 3.63) is 23.9 Å². The Bertz CT molecular complexity index is 510. The lowest BCUT2D eigenvalue weighted by atomic mass is 10.2. The summed E-state index contributed by atoms with van der Waals surface area (Å²) < 4.78 is 10.0. The molecule has 0 saturated carbocycles. The zero-order chi connectivity index (χ0) is 16.8. The molecule has 1 heterocycles. The van der Waals surface area contributed by atoms with Gasteiger partial charge in [-0.1, -0.05) is 0 Å². The zero-order valence-electron chi connectivity index (χ0n) is 12.9. The highest BCUT2D eigenvalue weighted by atomic mass is 16.6. The Labute approximate surface area is 128 Å². The maximum absolute atomic E-state index is 11.8. The van der Waals surface area contributed by atoms with Gasteiger partial charge in [0.1, 0.15) is 5.60 Å². The fourth-order valence-electron chi connectivity index (χ4n) is 1.37. The van der Waals surface area contributed by atoms with Crippen LogP contribution < -0.4 is 10.9 Å². The van der Waals surface area contributed by atoms with Gasteiger partial charge in [0.15, 0.2) is 5.82 Å². The van der Waals surface area contributed by atoms with Crippen LogP contribution in [0.2, 0.25) is 0 Å². The first kappa shape index (κ1) is 17.9. The van der Waals surface area contributed by atoms with Gasteiger partial charge in [0.2, 0.25) is 0 Å². The number of esters is 1. The lowest BCUT2D eigenvalue weighted by Crippen LogP contribution is -2.42. The normalized spacial score (nSPS) is 11.0. The fraction of sp³-hybridized carbons (Fsp3) is 0.500. The van der Waals surface area contributed by atoms with Gasteiger partial charge in [0.05, 0.1) is 12.2 Å². The van der Waals surface area contributed by atoms with Crippen LogP contribution in [-0.2, 0) is 9.47 Å². The number of anilines is 1. The van der Waals surface area contributed by atoms with Crippen LogP contribution in [0.1, 0.15) is 37.6 Å². The Hall–Kier alpha value is -2.19. The summed E-state index contributed by atoms with van der Waals surface area (Å²) in [6.45, 7) is 5.23. The lowest BCUT2D eigenvalue weighted by molar-refractivity contribution is 0.0481. The highest BCUT2D eigenvalue weighted by Gasteiger charge is 2.22. The van der Waals surface area contributed by atoms with Crippen molar-refractivity contribution in [1.29, 1.82) is 0 Å². The third kappa shape index (κ3) is 5.66. The van der Waals surface area contributed by atoms with E-state index >= 15 is 0 Å². The number of aromatic nitrogens is 1. The first-order chi connectivity index (χ1) is 10.2. The largest absolute Gasteiger partial charge is 0.462 e. The van der Waals surface area contributed by atoms with Crippen LogP contribution in [0.25, 0.3) is 0 Å². The van der Waals surface area contributed by atoms with E-state index < -0.39 is 17.7 Å². The lowest BCUT2D eigenvalue weighted by Gasteiger charge is -2.23. The van der Waals surface area contributed by atoms with Crippen molar-refractivity contribution < 1.29 is 24.2 Å². The molecule has 0 aliphatic rings. The second kappa shape index (κ2) is 7.71. The number of hydrogen-bond acceptors (Lipinski definition) is 7. The summed E-state index contributed by atoms with van der Waals surface area (Å²) in [4.78, 5) is 27.3. The van der Waals surface area contributed by atoms with Gasteiger partial charge in [-0.2, -0.15) is 5.01 Å². The number of carbonyl (C=O) groups is 2. The number of aliphatic hydroxyl groups is 1. The molecule has 0 aliphatic heterocycles. The molecule has 8 nitrogen and oxygen atoms in total. The molecule has 1 aromatic heterocycles. The van der Waals surface area contributed by atoms with Crippen molar-refractivity contribution in [2.75, 3.05) is 18.2 Å². The highest BCUT2D eigenvalue weighted by molar-refractivity contribution is 5.90. The number of hydrogen-bond donors (Lipinski definition) is 2. The van der Waals surface area contributed by atoms with Crippen LogP contribution in [0.3, 0.4) is 0 Å². The maximum atomic E-state index is 11.8. The van der Waals surface area contributed by atoms with Crippen molar-refractivity contribution in [2.45, 2.75) is 32.8 Å². The Kier molecular flexibility index (Phi) is 6.26. The predicted molar refractivity (Wildman–Crippen MR) is 79.1 cm³/mol. The van der Waals surface area contributed by atoms with Crippen LogP contribution >= 0.6 is 0 Å². The van der Waals surface area contributed by atoms with Gasteiger partial charge in [-0.05, 0) is 32.9 Å². The molecule has 1 aromatic rings. The first-order valence-corrected chi connectivity index (χ1v) is 6.76. The molecule has 122 valence electrons. The third-order valence-corrected chi connectivity index (χ3v) is 2.36. The van der Waals surface area contributed by atoms with Crippen molar-refractivity contribution in [2.24, 2.45) is 5.84 Å². The number of nitrogens with zero attached hydrogens (tertiary/aromatic N) is 2. The molecule has 0 aliphatic carbocycles. The molecule has 8 heteroatoms. The summed E-state index contributed by atoms with van der Waals surface area (Å²) in [7, 11) is 0. The molecule has 1 amide bonds. The summed E-state index contributed by atoms with van der Waals surface area (Å²) in [5.74, 6) is 5.20. The van der Waals surface area contributed by atoms with E-state index in [0.717, 1.165) is 5.01 Å². The van der Waals surface area contributed by atoms with Gasteiger partial charge in [-0.25, -0.2) is 20.4 Å². The quantitative estimate of drug-likeness (QED) is 0.276. The number of hydrazine groups is 1. The van der Waals surface area contributed by atoms with Crippen LogP contribution in [0.4, 0.5) is 10.6 Å². The number of rotatable bonds is 5. The SMILES string of the molecule is CC(C)(C)OC(=O)N(N)c1ccc(C(=O)OCCCO)cn1. The molecule has 0 spiro atoms. The monoisotopic (exact) mass is 311 g/mol. The first-order valence-electron chi connectivity index (χ1n) is 6.76. The molecule has 0 atom stereocenters. The maximum Gasteiger partial charge on any atom is 0.430 e. The van der Waals surface area contributed by atoms with E-state index in [1.807, 2.05) is 0 Å². The van der Waals surface area contributed by atoms with E-state index in [9.17, 15) is 9.59 Å². The van der Waals surface area contributed by atoms with Crippen molar-refractivity contribution in [1.82, 2.24) is 4.98 Å². The van der Waals surface area contributed by atoms with E-state index in [2.05, 4.69) is 4.98 Å². The fourth-order valence-corrected chi connectivity index (χ4v) is 1.37. The van der Waals surface area contributed by atoms with Crippen LogP contribution in [0.15, 0.2) is 18.3 Å². The van der Waals surface area contributed by atoms with Crippen LogP contribution in [-0.4, -0.2) is 41.0 Å². The molecule has 0 bridgehead atoms. The standard InChI is InChI=1S/C14H21N3O5/c1-14(2,3)22-13(20)17(15)11-6-5-10(9-16-11)12(19)21-8-4-7-18/h5-6,9,18H,4,7-8,15H2,1-3H3. The molecule has 0 fully saturated rings. The average Bonchev–Trinajstić information content (AvgIpc) is 2.45. The smallest absolute Gasteiger partial charge is 0.430 e. The summed E-state index contributed by atoms with van der Waals surface area (Å²) >= 11 is 0. The molecule has 1 rings (SSSR count). The van der Waals surface area contributed by atoms with Crippen LogP contribution in [0.5, 0.6) is 0 Å². The average molecular weight is 311 g/mol. The second-order valence-corrected chi connectivity index (χ2v) is 5.47. The van der Waals surface area contributed by atoms with Gasteiger partial charge in [0, 0.05) is 19.2 Å². The summed E-state index contributed by atoms with van der Waals surface area (Å²) in [6, 6.07) is 2.85. The number of carbonyl (C=O) groups excluding carboxylic acids is 2. The predicted octanol–water partition coefficient (Wildman–Crippen LogP) is 1.24. The van der Waals surface area contributed by atoms with Gasteiger partial charge in [0.25, 0.3) is 0 Å².